The average molecular weight is 271 g/mol. The molecule has 98 valence electrons. The first kappa shape index (κ1) is 11.6. The second kappa shape index (κ2) is 4.39. The van der Waals surface area contributed by atoms with Crippen molar-refractivity contribution in [2.24, 2.45) is 0 Å². The summed E-state index contributed by atoms with van der Waals surface area (Å²) in [5.74, 6) is 0.651. The van der Waals surface area contributed by atoms with Crippen molar-refractivity contribution in [2.75, 3.05) is 0 Å². The van der Waals surface area contributed by atoms with Crippen molar-refractivity contribution in [3.63, 3.8) is 0 Å². The molecular formula is C16H9N5. The van der Waals surface area contributed by atoms with Crippen LogP contribution in [0.5, 0.6) is 0 Å². The Labute approximate surface area is 119 Å². The summed E-state index contributed by atoms with van der Waals surface area (Å²) >= 11 is 0. The zero-order chi connectivity index (χ0) is 14.2. The lowest BCUT2D eigenvalue weighted by atomic mass is 10.2. The lowest BCUT2D eigenvalue weighted by Gasteiger charge is -1.98. The number of fused-ring (bicyclic) bond motifs is 2. The molecule has 2 aromatic heterocycles. The van der Waals surface area contributed by atoms with E-state index >= 15 is 0 Å². The highest BCUT2D eigenvalue weighted by atomic mass is 15.0. The molecule has 0 saturated carbocycles. The third kappa shape index (κ3) is 1.90. The first-order valence-electron chi connectivity index (χ1n) is 6.45. The van der Waals surface area contributed by atoms with Crippen molar-refractivity contribution in [1.29, 1.82) is 5.26 Å². The minimum absolute atomic E-state index is 0.599. The zero-order valence-electron chi connectivity index (χ0n) is 10.9. The van der Waals surface area contributed by atoms with E-state index in [0.717, 1.165) is 22.1 Å². The molecule has 4 rings (SSSR count). The number of benzene rings is 2. The van der Waals surface area contributed by atoms with Crippen molar-refractivity contribution in [3.05, 3.63) is 54.2 Å². The summed E-state index contributed by atoms with van der Waals surface area (Å²) in [6.45, 7) is 0. The van der Waals surface area contributed by atoms with Crippen LogP contribution in [0.3, 0.4) is 0 Å². The molecule has 1 N–H and O–H groups in total. The van der Waals surface area contributed by atoms with Gasteiger partial charge in [0.2, 0.25) is 0 Å². The van der Waals surface area contributed by atoms with Gasteiger partial charge in [0.05, 0.1) is 39.9 Å². The first-order chi connectivity index (χ1) is 10.3. The van der Waals surface area contributed by atoms with Crippen LogP contribution in [0, 0.1) is 11.3 Å². The largest absolute Gasteiger partial charge is 0.337 e. The number of imidazole rings is 1. The maximum Gasteiger partial charge on any atom is 0.158 e. The molecule has 0 unspecified atom stereocenters. The first-order valence-corrected chi connectivity index (χ1v) is 6.45. The van der Waals surface area contributed by atoms with E-state index in [1.165, 1.54) is 0 Å². The fourth-order valence-electron chi connectivity index (χ4n) is 2.27. The molecule has 4 aromatic rings. The second-order valence-corrected chi connectivity index (χ2v) is 4.67. The van der Waals surface area contributed by atoms with E-state index in [-0.39, 0.29) is 0 Å². The number of hydrogen-bond donors (Lipinski definition) is 1. The van der Waals surface area contributed by atoms with Crippen LogP contribution in [-0.4, -0.2) is 19.9 Å². The predicted octanol–water partition coefficient (Wildman–Crippen LogP) is 3.04. The number of para-hydroxylation sites is 2. The van der Waals surface area contributed by atoms with Crippen LogP contribution < -0.4 is 0 Å². The standard InChI is InChI=1S/C16H9N5/c17-8-10-5-6-13-14(7-10)21-16(20-13)15-9-18-11-3-1-2-4-12(11)19-15/h1-7,9H,(H,20,21). The van der Waals surface area contributed by atoms with Gasteiger partial charge in [-0.2, -0.15) is 5.26 Å². The van der Waals surface area contributed by atoms with E-state index < -0.39 is 0 Å². The van der Waals surface area contributed by atoms with Crippen LogP contribution in [0.2, 0.25) is 0 Å². The van der Waals surface area contributed by atoms with Gasteiger partial charge in [-0.25, -0.2) is 9.97 Å². The van der Waals surface area contributed by atoms with E-state index in [0.29, 0.717) is 17.1 Å². The molecule has 21 heavy (non-hydrogen) atoms. The predicted molar refractivity (Wildman–Crippen MR) is 79.3 cm³/mol. The van der Waals surface area contributed by atoms with Crippen molar-refractivity contribution in [3.8, 4) is 17.6 Å². The summed E-state index contributed by atoms with van der Waals surface area (Å²) in [4.78, 5) is 16.6. The molecular weight excluding hydrogens is 262 g/mol. The summed E-state index contributed by atoms with van der Waals surface area (Å²) in [6.07, 6.45) is 1.70. The fourth-order valence-corrected chi connectivity index (χ4v) is 2.27. The van der Waals surface area contributed by atoms with Gasteiger partial charge in [-0.15, -0.1) is 0 Å². The molecule has 0 atom stereocenters. The van der Waals surface area contributed by atoms with Gasteiger partial charge in [0.1, 0.15) is 5.69 Å². The zero-order valence-corrected chi connectivity index (χ0v) is 10.9. The monoisotopic (exact) mass is 271 g/mol. The fraction of sp³-hybridized carbons (Fsp3) is 0. The van der Waals surface area contributed by atoms with Gasteiger partial charge >= 0.3 is 0 Å². The summed E-state index contributed by atoms with van der Waals surface area (Å²) in [5, 5.41) is 8.93. The lowest BCUT2D eigenvalue weighted by Crippen LogP contribution is -1.89. The van der Waals surface area contributed by atoms with Crippen LogP contribution in [0.4, 0.5) is 0 Å². The van der Waals surface area contributed by atoms with E-state index in [9.17, 15) is 0 Å². The molecule has 0 amide bonds. The smallest absolute Gasteiger partial charge is 0.158 e. The van der Waals surface area contributed by atoms with Crippen molar-refractivity contribution >= 4 is 22.1 Å². The molecule has 0 radical (unpaired) electrons. The number of hydrogen-bond acceptors (Lipinski definition) is 4. The number of rotatable bonds is 1. The van der Waals surface area contributed by atoms with Crippen LogP contribution in [0.15, 0.2) is 48.7 Å². The summed E-state index contributed by atoms with van der Waals surface area (Å²) in [7, 11) is 0. The Morgan fingerprint density at radius 3 is 2.67 bits per heavy atom. The molecule has 5 heteroatoms. The van der Waals surface area contributed by atoms with Gasteiger partial charge in [-0.1, -0.05) is 12.1 Å². The Balaban J connectivity index is 1.89. The Kier molecular flexibility index (Phi) is 2.42. The Morgan fingerprint density at radius 1 is 0.952 bits per heavy atom. The van der Waals surface area contributed by atoms with Gasteiger partial charge in [0, 0.05) is 0 Å². The number of nitrogens with zero attached hydrogens (tertiary/aromatic N) is 4. The Hall–Kier alpha value is -3.26. The molecule has 0 fully saturated rings. The third-order valence-electron chi connectivity index (χ3n) is 3.30. The van der Waals surface area contributed by atoms with E-state index in [1.807, 2.05) is 30.3 Å². The van der Waals surface area contributed by atoms with Crippen LogP contribution in [-0.2, 0) is 0 Å². The van der Waals surface area contributed by atoms with Gasteiger partial charge in [0.25, 0.3) is 0 Å². The highest BCUT2D eigenvalue weighted by Crippen LogP contribution is 2.21. The van der Waals surface area contributed by atoms with Crippen molar-refractivity contribution in [1.82, 2.24) is 19.9 Å². The number of aromatic nitrogens is 4. The molecule has 0 aliphatic carbocycles. The van der Waals surface area contributed by atoms with Gasteiger partial charge in [-0.05, 0) is 30.3 Å². The van der Waals surface area contributed by atoms with Crippen molar-refractivity contribution < 1.29 is 0 Å². The summed E-state index contributed by atoms with van der Waals surface area (Å²) < 4.78 is 0. The van der Waals surface area contributed by atoms with E-state index in [4.69, 9.17) is 5.26 Å². The lowest BCUT2D eigenvalue weighted by molar-refractivity contribution is 1.22. The SMILES string of the molecule is N#Cc1ccc2nc(-c3cnc4ccccc4n3)[nH]c2c1. The Morgan fingerprint density at radius 2 is 1.81 bits per heavy atom. The van der Waals surface area contributed by atoms with Crippen LogP contribution in [0.1, 0.15) is 5.56 Å². The van der Waals surface area contributed by atoms with Crippen LogP contribution >= 0.6 is 0 Å². The molecule has 0 aliphatic rings. The molecule has 2 aromatic carbocycles. The molecule has 2 heterocycles. The Bertz CT molecular complexity index is 1010. The number of aromatic amines is 1. The normalized spacial score (nSPS) is 10.8. The minimum Gasteiger partial charge on any atom is -0.337 e. The highest BCUT2D eigenvalue weighted by molar-refractivity contribution is 5.81. The number of nitrogens with one attached hydrogen (secondary N) is 1. The van der Waals surface area contributed by atoms with Crippen LogP contribution in [0.25, 0.3) is 33.6 Å². The van der Waals surface area contributed by atoms with Crippen molar-refractivity contribution in [2.45, 2.75) is 0 Å². The van der Waals surface area contributed by atoms with E-state index in [2.05, 4.69) is 26.0 Å². The average Bonchev–Trinajstić information content (AvgIpc) is 2.97. The number of H-pyrrole nitrogens is 1. The minimum atomic E-state index is 0.599. The maximum atomic E-state index is 8.93. The maximum absolute atomic E-state index is 8.93. The third-order valence-corrected chi connectivity index (χ3v) is 3.30. The molecule has 0 spiro atoms. The summed E-state index contributed by atoms with van der Waals surface area (Å²) in [6, 6.07) is 15.2. The quantitative estimate of drug-likeness (QED) is 0.577. The molecule has 0 aliphatic heterocycles. The highest BCUT2D eigenvalue weighted by Gasteiger charge is 2.08. The molecule has 0 saturated heterocycles. The summed E-state index contributed by atoms with van der Waals surface area (Å²) in [5.41, 5.74) is 4.58. The molecule has 0 bridgehead atoms. The van der Waals surface area contributed by atoms with Gasteiger partial charge < -0.3 is 4.98 Å². The van der Waals surface area contributed by atoms with Gasteiger partial charge in [0.15, 0.2) is 5.82 Å². The van der Waals surface area contributed by atoms with Gasteiger partial charge in [-0.3, -0.25) is 4.98 Å². The second-order valence-electron chi connectivity index (χ2n) is 4.67. The molecule has 5 nitrogen and oxygen atoms in total. The topological polar surface area (TPSA) is 78.2 Å². The number of nitriles is 1. The van der Waals surface area contributed by atoms with E-state index in [1.54, 1.807) is 18.3 Å².